The second kappa shape index (κ2) is 5.96. The molecule has 0 radical (unpaired) electrons. The van der Waals surface area contributed by atoms with Crippen molar-refractivity contribution < 1.29 is 8.83 Å². The van der Waals surface area contributed by atoms with Crippen molar-refractivity contribution >= 4 is 11.0 Å². The summed E-state index contributed by atoms with van der Waals surface area (Å²) >= 11 is 0. The maximum Gasteiger partial charge on any atom is 0.202 e. The molecule has 0 saturated heterocycles. The summed E-state index contributed by atoms with van der Waals surface area (Å²) in [4.78, 5) is 17.5. The zero-order valence-electron chi connectivity index (χ0n) is 14.7. The zero-order chi connectivity index (χ0) is 18.4. The van der Waals surface area contributed by atoms with Crippen molar-refractivity contribution in [1.82, 2.24) is 14.8 Å². The second-order valence-corrected chi connectivity index (χ2v) is 6.43. The van der Waals surface area contributed by atoms with Gasteiger partial charge < -0.3 is 14.6 Å². The molecule has 0 amide bonds. The summed E-state index contributed by atoms with van der Waals surface area (Å²) in [6.07, 6.45) is 6.15. The highest BCUT2D eigenvalue weighted by Gasteiger charge is 2.23. The molecule has 0 aliphatic carbocycles. The lowest BCUT2D eigenvalue weighted by Crippen LogP contribution is -2.12. The number of aromatic nitrogens is 3. The Morgan fingerprint density at radius 2 is 2.12 bits per heavy atom. The van der Waals surface area contributed by atoms with Gasteiger partial charge in [0.2, 0.25) is 5.43 Å². The molecule has 1 unspecified atom stereocenters. The molecule has 132 valence electrons. The van der Waals surface area contributed by atoms with E-state index in [2.05, 4.69) is 10.1 Å². The number of benzene rings is 1. The van der Waals surface area contributed by atoms with Crippen LogP contribution in [0.25, 0.3) is 33.6 Å². The fourth-order valence-corrected chi connectivity index (χ4v) is 3.12. The third kappa shape index (κ3) is 2.53. The Labute approximate surface area is 149 Å². The summed E-state index contributed by atoms with van der Waals surface area (Å²) < 4.78 is 13.0. The number of fused-ring (bicyclic) bond motifs is 1. The molecule has 4 aromatic rings. The average molecular weight is 350 g/mol. The van der Waals surface area contributed by atoms with Crippen molar-refractivity contribution in [2.24, 2.45) is 12.8 Å². The van der Waals surface area contributed by atoms with Gasteiger partial charge in [0, 0.05) is 24.8 Å². The van der Waals surface area contributed by atoms with E-state index < -0.39 is 0 Å². The fourth-order valence-electron chi connectivity index (χ4n) is 3.12. The van der Waals surface area contributed by atoms with Crippen LogP contribution < -0.4 is 11.2 Å². The van der Waals surface area contributed by atoms with E-state index >= 15 is 0 Å². The maximum atomic E-state index is 13.3. The van der Waals surface area contributed by atoms with Gasteiger partial charge in [-0.15, -0.1) is 0 Å². The Balaban J connectivity index is 2.17. The van der Waals surface area contributed by atoms with Crippen LogP contribution in [0.3, 0.4) is 0 Å². The Hall–Kier alpha value is -3.19. The van der Waals surface area contributed by atoms with E-state index in [1.54, 1.807) is 24.1 Å². The predicted molar refractivity (Wildman–Crippen MR) is 97.5 cm³/mol. The molecule has 3 heterocycles. The monoisotopic (exact) mass is 350 g/mol. The lowest BCUT2D eigenvalue weighted by molar-refractivity contribution is 0.558. The number of oxazole rings is 1. The molecule has 4 rings (SSSR count). The van der Waals surface area contributed by atoms with Crippen LogP contribution >= 0.6 is 0 Å². The first kappa shape index (κ1) is 16.3. The predicted octanol–water partition coefficient (Wildman–Crippen LogP) is 3.18. The number of hydrogen-bond donors (Lipinski definition) is 1. The van der Waals surface area contributed by atoms with Crippen molar-refractivity contribution in [3.8, 4) is 22.6 Å². The topological polar surface area (TPSA) is 100 Å². The van der Waals surface area contributed by atoms with E-state index in [4.69, 9.17) is 14.6 Å². The molecule has 0 bridgehead atoms. The second-order valence-electron chi connectivity index (χ2n) is 6.43. The van der Waals surface area contributed by atoms with Crippen molar-refractivity contribution in [3.05, 3.63) is 58.5 Å². The van der Waals surface area contributed by atoms with Crippen LogP contribution in [-0.2, 0) is 7.05 Å². The largest absolute Gasteiger partial charge is 0.455 e. The highest BCUT2D eigenvalue weighted by atomic mass is 16.3. The Morgan fingerprint density at radius 3 is 2.73 bits per heavy atom. The minimum absolute atomic E-state index is 0.176. The van der Waals surface area contributed by atoms with E-state index in [9.17, 15) is 4.79 Å². The summed E-state index contributed by atoms with van der Waals surface area (Å²) in [7, 11) is 1.80. The quantitative estimate of drug-likeness (QED) is 0.609. The summed E-state index contributed by atoms with van der Waals surface area (Å²) in [6.45, 7) is 3.79. The molecule has 1 atom stereocenters. The molecule has 7 nitrogen and oxygen atoms in total. The number of hydrogen-bond acceptors (Lipinski definition) is 6. The molecule has 0 fully saturated rings. The van der Waals surface area contributed by atoms with Crippen LogP contribution in [0.4, 0.5) is 0 Å². The number of nitrogens with two attached hydrogens (primary N) is 1. The number of nitrogens with zero attached hydrogens (tertiary/aromatic N) is 3. The first-order chi connectivity index (χ1) is 12.5. The van der Waals surface area contributed by atoms with Crippen molar-refractivity contribution in [1.29, 1.82) is 0 Å². The van der Waals surface area contributed by atoms with Crippen LogP contribution in [0.1, 0.15) is 24.1 Å². The lowest BCUT2D eigenvalue weighted by Gasteiger charge is -2.13. The molecule has 0 aliphatic rings. The summed E-state index contributed by atoms with van der Waals surface area (Å²) in [5.41, 5.74) is 9.61. The maximum absolute atomic E-state index is 13.3. The van der Waals surface area contributed by atoms with E-state index in [1.165, 1.54) is 12.7 Å². The van der Waals surface area contributed by atoms with E-state index in [0.717, 1.165) is 11.1 Å². The Morgan fingerprint density at radius 1 is 1.31 bits per heavy atom. The van der Waals surface area contributed by atoms with Crippen LogP contribution in [0.15, 0.2) is 50.8 Å². The number of rotatable bonds is 3. The van der Waals surface area contributed by atoms with Crippen molar-refractivity contribution in [3.63, 3.8) is 0 Å². The van der Waals surface area contributed by atoms with Gasteiger partial charge in [-0.3, -0.25) is 9.48 Å². The lowest BCUT2D eigenvalue weighted by atomic mass is 9.98. The summed E-state index contributed by atoms with van der Waals surface area (Å²) in [6, 6.07) is 3.47. The van der Waals surface area contributed by atoms with Gasteiger partial charge in [-0.05, 0) is 25.5 Å². The van der Waals surface area contributed by atoms with Crippen molar-refractivity contribution in [2.75, 3.05) is 0 Å². The highest BCUT2D eigenvalue weighted by molar-refractivity contribution is 5.90. The Bertz CT molecular complexity index is 1150. The van der Waals surface area contributed by atoms with Crippen LogP contribution in [0, 0.1) is 6.92 Å². The van der Waals surface area contributed by atoms with E-state index in [-0.39, 0.29) is 11.5 Å². The van der Waals surface area contributed by atoms with Gasteiger partial charge in [0.1, 0.15) is 17.5 Å². The van der Waals surface area contributed by atoms with Crippen LogP contribution in [0.5, 0.6) is 0 Å². The number of aryl methyl sites for hydroxylation is 2. The van der Waals surface area contributed by atoms with Gasteiger partial charge in [0.25, 0.3) is 0 Å². The van der Waals surface area contributed by atoms with Gasteiger partial charge in [-0.1, -0.05) is 6.07 Å². The minimum Gasteiger partial charge on any atom is -0.455 e. The zero-order valence-corrected chi connectivity index (χ0v) is 14.7. The minimum atomic E-state index is -0.278. The van der Waals surface area contributed by atoms with Crippen LogP contribution in [-0.4, -0.2) is 14.8 Å². The van der Waals surface area contributed by atoms with E-state index in [1.807, 2.05) is 26.0 Å². The van der Waals surface area contributed by atoms with Gasteiger partial charge in [-0.25, -0.2) is 4.98 Å². The first-order valence-electron chi connectivity index (χ1n) is 8.20. The van der Waals surface area contributed by atoms with Gasteiger partial charge in [-0.2, -0.15) is 5.10 Å². The molecule has 26 heavy (non-hydrogen) atoms. The molecule has 0 aliphatic heterocycles. The molecule has 0 saturated carbocycles. The molecular formula is C19H18N4O3. The SMILES string of the molecule is Cc1cc(C(C)N)c2oc(-c3cnn(C)c3)c(-c3cocn3)c(=O)c2c1. The highest BCUT2D eigenvalue weighted by Crippen LogP contribution is 2.34. The molecular weight excluding hydrogens is 332 g/mol. The molecule has 0 spiro atoms. The molecule has 2 N–H and O–H groups in total. The molecule has 1 aromatic carbocycles. The van der Waals surface area contributed by atoms with Gasteiger partial charge in [0.05, 0.1) is 22.7 Å². The summed E-state index contributed by atoms with van der Waals surface area (Å²) in [5, 5.41) is 4.66. The van der Waals surface area contributed by atoms with Gasteiger partial charge >= 0.3 is 0 Å². The standard InChI is InChI=1S/C19H18N4O3/c1-10-4-13(11(2)20)19-14(5-10)17(24)16(15-8-25-9-21-15)18(26-19)12-6-22-23(3)7-12/h4-9,11H,20H2,1-3H3. The van der Waals surface area contributed by atoms with Gasteiger partial charge in [0.15, 0.2) is 12.2 Å². The summed E-state index contributed by atoms with van der Waals surface area (Å²) in [5.74, 6) is 0.398. The smallest absolute Gasteiger partial charge is 0.202 e. The normalized spacial score (nSPS) is 12.6. The molecule has 7 heteroatoms. The third-order valence-corrected chi connectivity index (χ3v) is 4.31. The fraction of sp³-hybridized carbons (Fsp3) is 0.211. The van der Waals surface area contributed by atoms with Crippen LogP contribution in [0.2, 0.25) is 0 Å². The first-order valence-corrected chi connectivity index (χ1v) is 8.20. The Kier molecular flexibility index (Phi) is 3.73. The van der Waals surface area contributed by atoms with Crippen molar-refractivity contribution in [2.45, 2.75) is 19.9 Å². The average Bonchev–Trinajstić information content (AvgIpc) is 3.26. The third-order valence-electron chi connectivity index (χ3n) is 4.31. The van der Waals surface area contributed by atoms with E-state index in [0.29, 0.717) is 33.6 Å². The molecule has 3 aromatic heterocycles.